The predicted octanol–water partition coefficient (Wildman–Crippen LogP) is 6.34. The van der Waals surface area contributed by atoms with Crippen LogP contribution in [0.1, 0.15) is 64.9 Å². The fourth-order valence-electron chi connectivity index (χ4n) is 5.27. The molecule has 14 N–H and O–H groups in total. The summed E-state index contributed by atoms with van der Waals surface area (Å²) in [7, 11) is 0. The summed E-state index contributed by atoms with van der Waals surface area (Å²) in [5.41, 5.74) is 2.05. The van der Waals surface area contributed by atoms with Crippen molar-refractivity contribution >= 4 is 112 Å². The molecule has 0 heterocycles. The molecule has 20 nitrogen and oxygen atoms in total. The number of hydrogen-bond donors (Lipinski definition) is 20. The number of aliphatic carboxylic acids is 6. The summed E-state index contributed by atoms with van der Waals surface area (Å²) >= 11 is 23.5. The van der Waals surface area contributed by atoms with Gasteiger partial charge in [-0.1, -0.05) is 182 Å². The second-order valence-corrected chi connectivity index (χ2v) is 20.3. The molecule has 0 amide bonds. The number of carboxylic acids is 6. The summed E-state index contributed by atoms with van der Waals surface area (Å²) < 4.78 is 0. The molecule has 0 aromatic heterocycles. The van der Waals surface area contributed by atoms with Gasteiger partial charge >= 0.3 is 35.8 Å². The lowest BCUT2D eigenvalue weighted by atomic mass is 9.93. The first-order valence-electron chi connectivity index (χ1n) is 24.4. The molecule has 6 aromatic rings. The molecule has 0 radical (unpaired) electrons. The van der Waals surface area contributed by atoms with Gasteiger partial charge in [0.15, 0.2) is 0 Å². The Hall–Kier alpha value is -6.08. The molecule has 6 aromatic carbocycles. The highest BCUT2D eigenvalue weighted by atomic mass is 32.1. The van der Waals surface area contributed by atoms with E-state index in [4.69, 9.17) is 71.5 Å². The van der Waals surface area contributed by atoms with Gasteiger partial charge in [-0.05, 0) is 33.4 Å². The molecule has 0 bridgehead atoms. The number of aliphatic hydroxyl groups is 8. The van der Waals surface area contributed by atoms with Crippen molar-refractivity contribution in [1.29, 1.82) is 0 Å². The third-order valence-electron chi connectivity index (χ3n) is 10.8. The average Bonchev–Trinajstić information content (AvgIpc) is 3.55. The quantitative estimate of drug-likeness (QED) is 0.0371. The van der Waals surface area contributed by atoms with E-state index in [0.717, 1.165) is 0 Å². The van der Waals surface area contributed by atoms with Gasteiger partial charge in [-0.3, -0.25) is 28.8 Å². The minimum atomic E-state index is -1.11. The van der Waals surface area contributed by atoms with Crippen LogP contribution in [0.4, 0.5) is 0 Å². The molecule has 6 atom stereocenters. The number of rotatable bonds is 20. The van der Waals surface area contributed by atoms with Crippen LogP contribution in [0.25, 0.3) is 0 Å². The van der Waals surface area contributed by atoms with Crippen molar-refractivity contribution < 1.29 is 100 Å². The van der Waals surface area contributed by atoms with Gasteiger partial charge in [-0.25, -0.2) is 0 Å². The fraction of sp³-hybridized carbons (Fsp3) is 0.276. The van der Waals surface area contributed by atoms with Crippen molar-refractivity contribution in [2.24, 2.45) is 10.8 Å². The monoisotopic (exact) mass is 1280 g/mol. The predicted molar refractivity (Wildman–Crippen MR) is 336 cm³/mol. The summed E-state index contributed by atoms with van der Waals surface area (Å²) in [6.07, 6.45) is 0. The summed E-state index contributed by atoms with van der Waals surface area (Å²) in [6, 6.07) is 53.5. The van der Waals surface area contributed by atoms with E-state index < -0.39 is 131 Å². The molecule has 0 saturated heterocycles. The van der Waals surface area contributed by atoms with E-state index in [1.165, 1.54) is 0 Å². The van der Waals surface area contributed by atoms with Gasteiger partial charge < -0.3 is 71.5 Å². The Bertz CT molecular complexity index is 2220. The van der Waals surface area contributed by atoms with Gasteiger partial charge in [-0.2, -0.15) is 75.8 Å². The van der Waals surface area contributed by atoms with Crippen LogP contribution in [-0.4, -0.2) is 160 Å². The molecular formula is C58H72O20S6. The fourth-order valence-corrected chi connectivity index (χ4v) is 6.30. The maximum Gasteiger partial charge on any atom is 0.320 e. The molecule has 84 heavy (non-hydrogen) atoms. The first kappa shape index (κ1) is 80.0. The lowest BCUT2D eigenvalue weighted by Crippen LogP contribution is -2.37. The van der Waals surface area contributed by atoms with E-state index in [2.05, 4.69) is 75.8 Å². The summed E-state index contributed by atoms with van der Waals surface area (Å²) in [5, 5.41) is 115. The highest BCUT2D eigenvalue weighted by Crippen LogP contribution is 2.23. The summed E-state index contributed by atoms with van der Waals surface area (Å²) in [4.78, 5) is 62.5. The lowest BCUT2D eigenvalue weighted by Gasteiger charge is -2.23. The zero-order chi connectivity index (χ0) is 64.3. The number of thiol groups is 6. The third-order valence-corrected chi connectivity index (χ3v) is 13.9. The van der Waals surface area contributed by atoms with Crippen LogP contribution < -0.4 is 0 Å². The average molecular weight is 1280 g/mol. The van der Waals surface area contributed by atoms with Gasteiger partial charge in [0, 0.05) is 0 Å². The zero-order valence-electron chi connectivity index (χ0n) is 44.8. The van der Waals surface area contributed by atoms with Crippen LogP contribution in [0.5, 0.6) is 0 Å². The van der Waals surface area contributed by atoms with Crippen LogP contribution in [0.2, 0.25) is 0 Å². The Morgan fingerprint density at radius 3 is 0.393 bits per heavy atom. The van der Waals surface area contributed by atoms with Crippen LogP contribution in [0.3, 0.4) is 0 Å². The van der Waals surface area contributed by atoms with Crippen molar-refractivity contribution in [3.63, 3.8) is 0 Å². The largest absolute Gasteiger partial charge is 0.480 e. The minimum absolute atomic E-state index is 0.406. The first-order valence-corrected chi connectivity index (χ1v) is 27.5. The van der Waals surface area contributed by atoms with Crippen molar-refractivity contribution in [3.8, 4) is 0 Å². The summed E-state index contributed by atoms with van der Waals surface area (Å²) in [6.45, 7) is -3.25. The minimum Gasteiger partial charge on any atom is -0.480 e. The highest BCUT2D eigenvalue weighted by molar-refractivity contribution is 7.82. The van der Waals surface area contributed by atoms with Crippen molar-refractivity contribution in [2.75, 3.05) is 52.9 Å². The number of aliphatic hydroxyl groups excluding tert-OH is 8. The number of hydrogen-bond acceptors (Lipinski definition) is 20. The zero-order valence-corrected chi connectivity index (χ0v) is 50.2. The van der Waals surface area contributed by atoms with E-state index in [0.29, 0.717) is 33.4 Å². The van der Waals surface area contributed by atoms with Crippen LogP contribution in [0, 0.1) is 10.8 Å². The highest BCUT2D eigenvalue weighted by Gasteiger charge is 2.27. The Kier molecular flexibility index (Phi) is 44.0. The number of carbonyl (C=O) groups is 6. The normalized spacial score (nSPS) is 12.4. The lowest BCUT2D eigenvalue weighted by molar-refractivity contribution is -0.137. The Morgan fingerprint density at radius 2 is 0.333 bits per heavy atom. The van der Waals surface area contributed by atoms with Crippen molar-refractivity contribution in [3.05, 3.63) is 215 Å². The van der Waals surface area contributed by atoms with Crippen LogP contribution in [0.15, 0.2) is 182 Å². The van der Waals surface area contributed by atoms with Gasteiger partial charge in [0.1, 0.15) is 31.5 Å². The van der Waals surface area contributed by atoms with E-state index in [1.807, 2.05) is 36.4 Å². The topological polar surface area (TPSA) is 386 Å². The van der Waals surface area contributed by atoms with E-state index >= 15 is 0 Å². The standard InChI is InChI=1S/6C8H8O2S.2C5H12O4/c6*9-8(10)7(11)6-4-2-1-3-5-6;2*6-1-5(2-7,3-8)4-9/h6*1-5,7,11H,(H,9,10);2*6-9H,1-4H2. The van der Waals surface area contributed by atoms with Crippen LogP contribution >= 0.6 is 75.8 Å². The molecule has 0 aliphatic carbocycles. The molecule has 6 unspecified atom stereocenters. The number of benzene rings is 6. The molecule has 0 saturated carbocycles. The van der Waals surface area contributed by atoms with Gasteiger partial charge in [0.2, 0.25) is 0 Å². The van der Waals surface area contributed by atoms with Gasteiger partial charge in [-0.15, -0.1) is 0 Å². The SMILES string of the molecule is O=C(O)C(S)c1ccccc1.O=C(O)C(S)c1ccccc1.O=C(O)C(S)c1ccccc1.O=C(O)C(S)c1ccccc1.O=C(O)C(S)c1ccccc1.O=C(O)C(S)c1ccccc1.OCC(CO)(CO)CO.OCC(CO)(CO)CO. The molecule has 0 spiro atoms. The van der Waals surface area contributed by atoms with Crippen LogP contribution in [-0.2, 0) is 28.8 Å². The molecule has 6 rings (SSSR count). The Labute approximate surface area is 519 Å². The van der Waals surface area contributed by atoms with Crippen molar-refractivity contribution in [2.45, 2.75) is 31.5 Å². The van der Waals surface area contributed by atoms with Gasteiger partial charge in [0.25, 0.3) is 0 Å². The molecule has 0 aliphatic heterocycles. The second kappa shape index (κ2) is 46.2. The molecule has 0 aliphatic rings. The number of carboxylic acid groups (broad SMARTS) is 6. The first-order chi connectivity index (χ1) is 39.8. The molecular weight excluding hydrogens is 1210 g/mol. The smallest absolute Gasteiger partial charge is 0.320 e. The van der Waals surface area contributed by atoms with E-state index in [-0.39, 0.29) is 0 Å². The molecule has 460 valence electrons. The maximum atomic E-state index is 10.4. The van der Waals surface area contributed by atoms with E-state index in [1.54, 1.807) is 146 Å². The molecule has 26 heteroatoms. The second-order valence-electron chi connectivity index (χ2n) is 17.2. The van der Waals surface area contributed by atoms with Crippen molar-refractivity contribution in [1.82, 2.24) is 0 Å². The summed E-state index contributed by atoms with van der Waals surface area (Å²) in [5.74, 6) is -5.50. The van der Waals surface area contributed by atoms with Gasteiger partial charge in [0.05, 0.1) is 63.7 Å². The maximum absolute atomic E-state index is 10.4. The third kappa shape index (κ3) is 32.8. The Balaban J connectivity index is 0. The van der Waals surface area contributed by atoms with E-state index in [9.17, 15) is 28.8 Å². The molecule has 0 fully saturated rings. The Morgan fingerprint density at radius 1 is 0.238 bits per heavy atom.